The normalized spacial score (nSPS) is 14.9. The zero-order valence-corrected chi connectivity index (χ0v) is 17.2. The Hall–Kier alpha value is -2.57. The molecule has 1 fully saturated rings. The molecular formula is C22H26N3O2S+. The van der Waals surface area contributed by atoms with Gasteiger partial charge in [0.05, 0.1) is 51.8 Å². The van der Waals surface area contributed by atoms with Gasteiger partial charge in [0.15, 0.2) is 0 Å². The maximum absolute atomic E-state index is 5.52. The molecule has 1 aromatic heterocycles. The summed E-state index contributed by atoms with van der Waals surface area (Å²) in [6, 6.07) is 16.4. The molecule has 5 nitrogen and oxygen atoms in total. The standard InChI is InChI=1S/C22H25N3O2S/c1-26-18-9-7-17(8-10-18)19-16-28-22(23-19)15-24-11-13-25(14-12-24)20-5-3-4-6-21(20)27-2/h3-10,16H,11-15H2,1-2H3/p+1. The molecule has 4 rings (SSSR count). The first-order valence-corrected chi connectivity index (χ1v) is 10.4. The monoisotopic (exact) mass is 396 g/mol. The first-order valence-electron chi connectivity index (χ1n) is 9.57. The van der Waals surface area contributed by atoms with Gasteiger partial charge in [0, 0.05) is 10.9 Å². The van der Waals surface area contributed by atoms with E-state index in [0.29, 0.717) is 0 Å². The number of methoxy groups -OCH3 is 2. The lowest BCUT2D eigenvalue weighted by molar-refractivity contribution is -0.914. The topological polar surface area (TPSA) is 39.0 Å². The average Bonchev–Trinajstić information content (AvgIpc) is 3.23. The van der Waals surface area contributed by atoms with Gasteiger partial charge in [-0.25, -0.2) is 4.98 Å². The SMILES string of the molecule is COc1ccc(-c2csc(C[NH+]3CCN(c4ccccc4OC)CC3)n2)cc1. The van der Waals surface area contributed by atoms with E-state index in [9.17, 15) is 0 Å². The number of rotatable bonds is 6. The molecule has 1 aliphatic rings. The van der Waals surface area contributed by atoms with Crippen molar-refractivity contribution < 1.29 is 14.4 Å². The Morgan fingerprint density at radius 2 is 1.75 bits per heavy atom. The van der Waals surface area contributed by atoms with E-state index in [1.54, 1.807) is 30.5 Å². The van der Waals surface area contributed by atoms with Gasteiger partial charge in [0.1, 0.15) is 23.1 Å². The molecule has 0 bridgehead atoms. The van der Waals surface area contributed by atoms with Crippen LogP contribution < -0.4 is 19.3 Å². The lowest BCUT2D eigenvalue weighted by Crippen LogP contribution is -3.13. The van der Waals surface area contributed by atoms with Gasteiger partial charge < -0.3 is 19.3 Å². The first kappa shape index (κ1) is 18.8. The van der Waals surface area contributed by atoms with E-state index in [2.05, 4.69) is 34.5 Å². The third-order valence-electron chi connectivity index (χ3n) is 5.24. The maximum atomic E-state index is 5.52. The third kappa shape index (κ3) is 4.13. The number of quaternary nitrogens is 1. The number of nitrogens with zero attached hydrogens (tertiary/aromatic N) is 2. The van der Waals surface area contributed by atoms with Crippen molar-refractivity contribution in [1.82, 2.24) is 4.98 Å². The summed E-state index contributed by atoms with van der Waals surface area (Å²) in [5.41, 5.74) is 3.38. The van der Waals surface area contributed by atoms with Crippen LogP contribution in [0.3, 0.4) is 0 Å². The van der Waals surface area contributed by atoms with Gasteiger partial charge >= 0.3 is 0 Å². The lowest BCUT2D eigenvalue weighted by Gasteiger charge is -2.33. The lowest BCUT2D eigenvalue weighted by atomic mass is 10.2. The van der Waals surface area contributed by atoms with Crippen LogP contribution in [0, 0.1) is 0 Å². The molecule has 0 radical (unpaired) electrons. The van der Waals surface area contributed by atoms with Crippen molar-refractivity contribution in [3.63, 3.8) is 0 Å². The molecule has 0 amide bonds. The summed E-state index contributed by atoms with van der Waals surface area (Å²) in [4.78, 5) is 8.87. The van der Waals surface area contributed by atoms with Gasteiger partial charge in [-0.15, -0.1) is 11.3 Å². The highest BCUT2D eigenvalue weighted by atomic mass is 32.1. The number of benzene rings is 2. The van der Waals surface area contributed by atoms with E-state index < -0.39 is 0 Å². The summed E-state index contributed by atoms with van der Waals surface area (Å²) in [7, 11) is 3.43. The second-order valence-corrected chi connectivity index (χ2v) is 7.88. The fourth-order valence-electron chi connectivity index (χ4n) is 3.63. The Balaban J connectivity index is 1.35. The van der Waals surface area contributed by atoms with Crippen LogP contribution >= 0.6 is 11.3 Å². The Kier molecular flexibility index (Phi) is 5.78. The van der Waals surface area contributed by atoms with Gasteiger partial charge in [-0.1, -0.05) is 12.1 Å². The van der Waals surface area contributed by atoms with E-state index in [0.717, 1.165) is 55.5 Å². The van der Waals surface area contributed by atoms with E-state index in [4.69, 9.17) is 14.5 Å². The van der Waals surface area contributed by atoms with E-state index in [1.165, 1.54) is 10.7 Å². The van der Waals surface area contributed by atoms with Crippen molar-refractivity contribution in [3.8, 4) is 22.8 Å². The second kappa shape index (κ2) is 8.63. The third-order valence-corrected chi connectivity index (χ3v) is 6.08. The zero-order chi connectivity index (χ0) is 19.3. The zero-order valence-electron chi connectivity index (χ0n) is 16.4. The molecular weight excluding hydrogens is 370 g/mol. The van der Waals surface area contributed by atoms with Crippen LogP contribution in [0.25, 0.3) is 11.3 Å². The molecule has 6 heteroatoms. The van der Waals surface area contributed by atoms with Crippen molar-refractivity contribution in [2.45, 2.75) is 6.54 Å². The number of nitrogens with one attached hydrogen (secondary N) is 1. The minimum Gasteiger partial charge on any atom is -0.497 e. The fraction of sp³-hybridized carbons (Fsp3) is 0.318. The maximum Gasteiger partial charge on any atom is 0.148 e. The van der Waals surface area contributed by atoms with Gasteiger partial charge in [-0.3, -0.25) is 0 Å². The van der Waals surface area contributed by atoms with Gasteiger partial charge in [0.25, 0.3) is 0 Å². The molecule has 1 saturated heterocycles. The minimum absolute atomic E-state index is 0.872. The quantitative estimate of drug-likeness (QED) is 0.695. The highest BCUT2D eigenvalue weighted by Gasteiger charge is 2.23. The number of aromatic nitrogens is 1. The van der Waals surface area contributed by atoms with Gasteiger partial charge in [0.2, 0.25) is 0 Å². The number of anilines is 1. The summed E-state index contributed by atoms with van der Waals surface area (Å²) >= 11 is 1.75. The summed E-state index contributed by atoms with van der Waals surface area (Å²) in [6.07, 6.45) is 0. The molecule has 1 N–H and O–H groups in total. The Morgan fingerprint density at radius 3 is 2.46 bits per heavy atom. The average molecular weight is 397 g/mol. The smallest absolute Gasteiger partial charge is 0.148 e. The number of ether oxygens (including phenoxy) is 2. The Labute approximate surface area is 170 Å². The van der Waals surface area contributed by atoms with Crippen LogP contribution in [0.2, 0.25) is 0 Å². The molecule has 0 unspecified atom stereocenters. The molecule has 0 aliphatic carbocycles. The van der Waals surface area contributed by atoms with E-state index >= 15 is 0 Å². The van der Waals surface area contributed by atoms with E-state index in [-0.39, 0.29) is 0 Å². The predicted molar refractivity (Wildman–Crippen MR) is 114 cm³/mol. The van der Waals surface area contributed by atoms with Gasteiger partial charge in [-0.2, -0.15) is 0 Å². The first-order chi connectivity index (χ1) is 13.8. The molecule has 0 saturated carbocycles. The minimum atomic E-state index is 0.872. The summed E-state index contributed by atoms with van der Waals surface area (Å²) in [5, 5.41) is 3.35. The van der Waals surface area contributed by atoms with Crippen molar-refractivity contribution in [1.29, 1.82) is 0 Å². The van der Waals surface area contributed by atoms with E-state index in [1.807, 2.05) is 24.3 Å². The largest absolute Gasteiger partial charge is 0.497 e. The van der Waals surface area contributed by atoms with Crippen LogP contribution in [0.5, 0.6) is 11.5 Å². The number of para-hydroxylation sites is 2. The Bertz CT molecular complexity index is 902. The highest BCUT2D eigenvalue weighted by Crippen LogP contribution is 2.27. The van der Waals surface area contributed by atoms with Crippen LogP contribution in [0.4, 0.5) is 5.69 Å². The molecule has 3 aromatic rings. The Morgan fingerprint density at radius 1 is 1.00 bits per heavy atom. The molecule has 2 heterocycles. The number of thiazole rings is 1. The number of piperazine rings is 1. The molecule has 0 spiro atoms. The second-order valence-electron chi connectivity index (χ2n) is 6.94. The van der Waals surface area contributed by atoms with Crippen molar-refractivity contribution in [2.24, 2.45) is 0 Å². The van der Waals surface area contributed by atoms with Crippen molar-refractivity contribution in [2.75, 3.05) is 45.3 Å². The highest BCUT2D eigenvalue weighted by molar-refractivity contribution is 7.09. The van der Waals surface area contributed by atoms with Gasteiger partial charge in [-0.05, 0) is 36.4 Å². The van der Waals surface area contributed by atoms with Crippen LogP contribution in [0.15, 0.2) is 53.9 Å². The van der Waals surface area contributed by atoms with Crippen LogP contribution in [-0.2, 0) is 6.54 Å². The van der Waals surface area contributed by atoms with Crippen molar-refractivity contribution in [3.05, 3.63) is 58.9 Å². The van der Waals surface area contributed by atoms with Crippen molar-refractivity contribution >= 4 is 17.0 Å². The fourth-order valence-corrected chi connectivity index (χ4v) is 4.51. The molecule has 2 aromatic carbocycles. The van der Waals surface area contributed by atoms with Crippen LogP contribution in [-0.4, -0.2) is 45.4 Å². The summed E-state index contributed by atoms with van der Waals surface area (Å²) in [5.74, 6) is 1.83. The molecule has 1 aliphatic heterocycles. The molecule has 28 heavy (non-hydrogen) atoms. The summed E-state index contributed by atoms with van der Waals surface area (Å²) in [6.45, 7) is 5.27. The predicted octanol–water partition coefficient (Wildman–Crippen LogP) is 2.73. The number of hydrogen-bond donors (Lipinski definition) is 1. The summed E-state index contributed by atoms with van der Waals surface area (Å²) < 4.78 is 10.7. The number of hydrogen-bond acceptors (Lipinski definition) is 5. The molecule has 146 valence electrons. The molecule has 0 atom stereocenters. The van der Waals surface area contributed by atoms with Crippen LogP contribution in [0.1, 0.15) is 5.01 Å².